The van der Waals surface area contributed by atoms with Gasteiger partial charge in [-0.05, 0) is 49.0 Å². The van der Waals surface area contributed by atoms with Gasteiger partial charge in [-0.1, -0.05) is 22.9 Å². The van der Waals surface area contributed by atoms with E-state index in [1.807, 2.05) is 30.3 Å². The van der Waals surface area contributed by atoms with E-state index in [-0.39, 0.29) is 5.91 Å². The summed E-state index contributed by atoms with van der Waals surface area (Å²) >= 11 is 3.39. The Kier molecular flexibility index (Phi) is 5.60. The van der Waals surface area contributed by atoms with Crippen LogP contribution in [-0.2, 0) is 0 Å². The topological polar surface area (TPSA) is 61.6 Å². The van der Waals surface area contributed by atoms with E-state index in [1.54, 1.807) is 12.1 Å². The fourth-order valence-corrected chi connectivity index (χ4v) is 3.29. The summed E-state index contributed by atoms with van der Waals surface area (Å²) < 4.78 is 0.947. The second-order valence-corrected chi connectivity index (χ2v) is 7.07. The minimum atomic E-state index is -0.133. The number of carbonyl (C=O) groups excluding carboxylic acids is 1. The maximum atomic E-state index is 12.6. The van der Waals surface area contributed by atoms with Crippen molar-refractivity contribution in [1.82, 2.24) is 4.90 Å². The number of halogens is 1. The van der Waals surface area contributed by atoms with Crippen LogP contribution in [0.25, 0.3) is 0 Å². The Morgan fingerprint density at radius 3 is 2.44 bits per heavy atom. The molecule has 5 nitrogen and oxygen atoms in total. The standard InChI is InChI=1S/C19H23BrN4O/c1-2-23-9-11-24(12-10-23)18-8-7-16(21)13-17(18)22-19(25)14-3-5-15(20)6-4-14/h3-8,13H,2,9-12,21H2,1H3,(H,22,25). The fourth-order valence-electron chi connectivity index (χ4n) is 3.03. The summed E-state index contributed by atoms with van der Waals surface area (Å²) in [6, 6.07) is 13.0. The minimum Gasteiger partial charge on any atom is -0.399 e. The van der Waals surface area contributed by atoms with Gasteiger partial charge >= 0.3 is 0 Å². The summed E-state index contributed by atoms with van der Waals surface area (Å²) in [7, 11) is 0. The van der Waals surface area contributed by atoms with E-state index in [4.69, 9.17) is 5.73 Å². The number of nitrogens with two attached hydrogens (primary N) is 1. The number of anilines is 3. The highest BCUT2D eigenvalue weighted by Crippen LogP contribution is 2.29. The molecule has 0 unspecified atom stereocenters. The van der Waals surface area contributed by atoms with Gasteiger partial charge in [-0.15, -0.1) is 0 Å². The molecule has 1 aliphatic heterocycles. The Labute approximate surface area is 156 Å². The van der Waals surface area contributed by atoms with Gasteiger partial charge in [0, 0.05) is 41.9 Å². The number of hydrogen-bond acceptors (Lipinski definition) is 4. The zero-order chi connectivity index (χ0) is 17.8. The molecule has 0 radical (unpaired) electrons. The lowest BCUT2D eigenvalue weighted by molar-refractivity contribution is 0.102. The number of hydrogen-bond donors (Lipinski definition) is 2. The first-order valence-corrected chi connectivity index (χ1v) is 9.30. The van der Waals surface area contributed by atoms with Gasteiger partial charge in [-0.2, -0.15) is 0 Å². The number of nitrogens with one attached hydrogen (secondary N) is 1. The molecule has 1 aliphatic rings. The number of nitrogens with zero attached hydrogens (tertiary/aromatic N) is 2. The number of nitrogen functional groups attached to an aromatic ring is 1. The first-order valence-electron chi connectivity index (χ1n) is 8.50. The third kappa shape index (κ3) is 4.32. The predicted octanol–water partition coefficient (Wildman–Crippen LogP) is 3.43. The Bertz CT molecular complexity index is 740. The first-order chi connectivity index (χ1) is 12.1. The highest BCUT2D eigenvalue weighted by molar-refractivity contribution is 9.10. The van der Waals surface area contributed by atoms with Crippen molar-refractivity contribution in [2.24, 2.45) is 0 Å². The minimum absolute atomic E-state index is 0.133. The lowest BCUT2D eigenvalue weighted by Gasteiger charge is -2.36. The van der Waals surface area contributed by atoms with E-state index >= 15 is 0 Å². The smallest absolute Gasteiger partial charge is 0.255 e. The molecule has 6 heteroatoms. The Morgan fingerprint density at radius 1 is 1.12 bits per heavy atom. The number of piperazine rings is 1. The summed E-state index contributed by atoms with van der Waals surface area (Å²) in [6.45, 7) is 7.20. The van der Waals surface area contributed by atoms with Crippen LogP contribution in [0.5, 0.6) is 0 Å². The van der Waals surface area contributed by atoms with Gasteiger partial charge < -0.3 is 20.9 Å². The highest BCUT2D eigenvalue weighted by atomic mass is 79.9. The Morgan fingerprint density at radius 2 is 1.80 bits per heavy atom. The molecule has 1 amide bonds. The molecule has 1 saturated heterocycles. The van der Waals surface area contributed by atoms with E-state index in [1.165, 1.54) is 0 Å². The van der Waals surface area contributed by atoms with E-state index < -0.39 is 0 Å². The fraction of sp³-hybridized carbons (Fsp3) is 0.316. The monoisotopic (exact) mass is 402 g/mol. The van der Waals surface area contributed by atoms with Crippen LogP contribution in [0.15, 0.2) is 46.9 Å². The van der Waals surface area contributed by atoms with Gasteiger partial charge in [-0.3, -0.25) is 4.79 Å². The number of benzene rings is 2. The zero-order valence-corrected chi connectivity index (χ0v) is 15.9. The summed E-state index contributed by atoms with van der Waals surface area (Å²) in [4.78, 5) is 17.3. The second kappa shape index (κ2) is 7.89. The van der Waals surface area contributed by atoms with E-state index in [9.17, 15) is 4.79 Å². The summed E-state index contributed by atoms with van der Waals surface area (Å²) in [6.07, 6.45) is 0. The summed E-state index contributed by atoms with van der Waals surface area (Å²) in [5.41, 5.74) is 8.99. The molecule has 1 heterocycles. The molecule has 0 aromatic heterocycles. The third-order valence-corrected chi connectivity index (χ3v) is 5.06. The van der Waals surface area contributed by atoms with Gasteiger partial charge in [0.25, 0.3) is 5.91 Å². The van der Waals surface area contributed by atoms with E-state index in [0.717, 1.165) is 48.6 Å². The molecule has 132 valence electrons. The van der Waals surface area contributed by atoms with Crippen LogP contribution in [0, 0.1) is 0 Å². The van der Waals surface area contributed by atoms with Gasteiger partial charge in [-0.25, -0.2) is 0 Å². The molecule has 0 bridgehead atoms. The Balaban J connectivity index is 1.79. The second-order valence-electron chi connectivity index (χ2n) is 6.16. The molecule has 2 aromatic carbocycles. The molecule has 2 aromatic rings. The van der Waals surface area contributed by atoms with Gasteiger partial charge in [0.05, 0.1) is 11.4 Å². The third-order valence-electron chi connectivity index (χ3n) is 4.54. The molecule has 0 spiro atoms. The summed E-state index contributed by atoms with van der Waals surface area (Å²) in [5.74, 6) is -0.133. The lowest BCUT2D eigenvalue weighted by Crippen LogP contribution is -2.46. The van der Waals surface area contributed by atoms with Crippen LogP contribution in [0.4, 0.5) is 17.1 Å². The van der Waals surface area contributed by atoms with E-state index in [2.05, 4.69) is 38.0 Å². The molecule has 0 aliphatic carbocycles. The number of likely N-dealkylation sites (N-methyl/N-ethyl adjacent to an activating group) is 1. The molecular formula is C19H23BrN4O. The van der Waals surface area contributed by atoms with Crippen molar-refractivity contribution in [2.45, 2.75) is 6.92 Å². The lowest BCUT2D eigenvalue weighted by atomic mass is 10.1. The van der Waals surface area contributed by atoms with Gasteiger partial charge in [0.1, 0.15) is 0 Å². The zero-order valence-electron chi connectivity index (χ0n) is 14.3. The maximum Gasteiger partial charge on any atom is 0.255 e. The average Bonchev–Trinajstić information content (AvgIpc) is 2.62. The number of carbonyl (C=O) groups is 1. The molecule has 25 heavy (non-hydrogen) atoms. The molecule has 3 N–H and O–H groups in total. The SMILES string of the molecule is CCN1CCN(c2ccc(N)cc2NC(=O)c2ccc(Br)cc2)CC1. The highest BCUT2D eigenvalue weighted by Gasteiger charge is 2.19. The van der Waals surface area contributed by atoms with Crippen LogP contribution in [0.3, 0.4) is 0 Å². The van der Waals surface area contributed by atoms with Gasteiger partial charge in [0.15, 0.2) is 0 Å². The molecular weight excluding hydrogens is 380 g/mol. The first kappa shape index (κ1) is 17.8. The molecule has 0 saturated carbocycles. The van der Waals surface area contributed by atoms with Crippen LogP contribution in [0.2, 0.25) is 0 Å². The van der Waals surface area contributed by atoms with Gasteiger partial charge in [0.2, 0.25) is 0 Å². The van der Waals surface area contributed by atoms with Crippen molar-refractivity contribution in [3.05, 3.63) is 52.5 Å². The number of rotatable bonds is 4. The normalized spacial score (nSPS) is 15.2. The molecule has 3 rings (SSSR count). The largest absolute Gasteiger partial charge is 0.399 e. The van der Waals surface area contributed by atoms with Crippen molar-refractivity contribution in [3.63, 3.8) is 0 Å². The van der Waals surface area contributed by atoms with Crippen molar-refractivity contribution in [1.29, 1.82) is 0 Å². The average molecular weight is 403 g/mol. The van der Waals surface area contributed by atoms with Crippen molar-refractivity contribution < 1.29 is 4.79 Å². The van der Waals surface area contributed by atoms with E-state index in [0.29, 0.717) is 11.3 Å². The van der Waals surface area contributed by atoms with Crippen LogP contribution in [-0.4, -0.2) is 43.5 Å². The van der Waals surface area contributed by atoms with Crippen LogP contribution < -0.4 is 16.0 Å². The van der Waals surface area contributed by atoms with Crippen molar-refractivity contribution >= 4 is 38.9 Å². The predicted molar refractivity (Wildman–Crippen MR) is 107 cm³/mol. The van der Waals surface area contributed by atoms with Crippen LogP contribution >= 0.6 is 15.9 Å². The summed E-state index contributed by atoms with van der Waals surface area (Å²) in [5, 5.41) is 3.02. The van der Waals surface area contributed by atoms with Crippen molar-refractivity contribution in [3.8, 4) is 0 Å². The van der Waals surface area contributed by atoms with Crippen LogP contribution in [0.1, 0.15) is 17.3 Å². The molecule has 1 fully saturated rings. The quantitative estimate of drug-likeness (QED) is 0.768. The van der Waals surface area contributed by atoms with Crippen molar-refractivity contribution in [2.75, 3.05) is 48.7 Å². The Hall–Kier alpha value is -2.05. The number of amides is 1. The maximum absolute atomic E-state index is 12.6. The molecule has 0 atom stereocenters.